The lowest BCUT2D eigenvalue weighted by Crippen LogP contribution is -2.21. The molecule has 2 nitrogen and oxygen atoms in total. The Morgan fingerprint density at radius 3 is 3.08 bits per heavy atom. The van der Waals surface area contributed by atoms with Crippen molar-refractivity contribution in [3.63, 3.8) is 0 Å². The minimum atomic E-state index is 0.633. The van der Waals surface area contributed by atoms with Crippen LogP contribution in [0, 0.1) is 6.92 Å². The Morgan fingerprint density at radius 2 is 2.46 bits per heavy atom. The summed E-state index contributed by atoms with van der Waals surface area (Å²) < 4.78 is 0. The van der Waals surface area contributed by atoms with Crippen LogP contribution in [0.5, 0.6) is 0 Å². The molecule has 1 unspecified atom stereocenters. The Bertz CT molecular complexity index is 301. The lowest BCUT2D eigenvalue weighted by Gasteiger charge is -2.18. The van der Waals surface area contributed by atoms with E-state index in [4.69, 9.17) is 0 Å². The first-order valence-electron chi connectivity index (χ1n) is 4.58. The van der Waals surface area contributed by atoms with Crippen molar-refractivity contribution in [2.24, 2.45) is 0 Å². The number of halogens is 1. The number of nitrogens with zero attached hydrogens (tertiary/aromatic N) is 2. The number of alkyl halides is 1. The summed E-state index contributed by atoms with van der Waals surface area (Å²) in [7, 11) is 0. The van der Waals surface area contributed by atoms with E-state index in [-0.39, 0.29) is 0 Å². The van der Waals surface area contributed by atoms with Crippen LogP contribution in [0.25, 0.3) is 0 Å². The van der Waals surface area contributed by atoms with Gasteiger partial charge in [-0.1, -0.05) is 22.0 Å². The van der Waals surface area contributed by atoms with Crippen LogP contribution >= 0.6 is 15.9 Å². The van der Waals surface area contributed by atoms with Crippen LogP contribution in [-0.2, 0) is 0 Å². The molecule has 0 aromatic carbocycles. The van der Waals surface area contributed by atoms with Crippen LogP contribution in [0.15, 0.2) is 18.3 Å². The molecule has 1 fully saturated rings. The monoisotopic (exact) mass is 240 g/mol. The summed E-state index contributed by atoms with van der Waals surface area (Å²) in [6, 6.07) is 4.10. The van der Waals surface area contributed by atoms with E-state index in [1.54, 1.807) is 0 Å². The largest absolute Gasteiger partial charge is 0.355 e. The number of aromatic nitrogens is 1. The molecule has 3 heteroatoms. The molecule has 2 heterocycles. The second-order valence-electron chi connectivity index (χ2n) is 3.48. The van der Waals surface area contributed by atoms with Crippen LogP contribution in [0.4, 0.5) is 5.82 Å². The number of hydrogen-bond donors (Lipinski definition) is 0. The van der Waals surface area contributed by atoms with Gasteiger partial charge in [-0.3, -0.25) is 0 Å². The zero-order valence-corrected chi connectivity index (χ0v) is 9.29. The van der Waals surface area contributed by atoms with E-state index in [1.807, 2.05) is 12.3 Å². The molecule has 1 aromatic heterocycles. The van der Waals surface area contributed by atoms with Crippen molar-refractivity contribution in [2.45, 2.75) is 18.2 Å². The van der Waals surface area contributed by atoms with Gasteiger partial charge < -0.3 is 4.90 Å². The molecule has 1 aliphatic rings. The highest BCUT2D eigenvalue weighted by atomic mass is 79.9. The maximum atomic E-state index is 4.40. The average molecular weight is 241 g/mol. The molecule has 1 aliphatic heterocycles. The first kappa shape index (κ1) is 9.00. The normalized spacial score (nSPS) is 22.3. The maximum Gasteiger partial charge on any atom is 0.131 e. The molecule has 0 amide bonds. The number of aryl methyl sites for hydroxylation is 1. The van der Waals surface area contributed by atoms with E-state index in [0.717, 1.165) is 18.9 Å². The van der Waals surface area contributed by atoms with Crippen molar-refractivity contribution in [2.75, 3.05) is 18.0 Å². The summed E-state index contributed by atoms with van der Waals surface area (Å²) >= 11 is 3.63. The maximum absolute atomic E-state index is 4.40. The molecule has 1 saturated heterocycles. The summed E-state index contributed by atoms with van der Waals surface area (Å²) in [4.78, 5) is 7.38. The van der Waals surface area contributed by atoms with Crippen molar-refractivity contribution in [3.05, 3.63) is 23.9 Å². The first-order valence-corrected chi connectivity index (χ1v) is 5.49. The van der Waals surface area contributed by atoms with Crippen LogP contribution in [0.1, 0.15) is 12.0 Å². The molecule has 70 valence electrons. The van der Waals surface area contributed by atoms with Crippen molar-refractivity contribution < 1.29 is 0 Å². The molecule has 1 atom stereocenters. The van der Waals surface area contributed by atoms with Gasteiger partial charge in [0.25, 0.3) is 0 Å². The van der Waals surface area contributed by atoms with Crippen molar-refractivity contribution in [3.8, 4) is 0 Å². The predicted octanol–water partition coefficient (Wildman–Crippen LogP) is 2.36. The van der Waals surface area contributed by atoms with Gasteiger partial charge in [0.05, 0.1) is 0 Å². The lowest BCUT2D eigenvalue weighted by atomic mass is 10.3. The second-order valence-corrected chi connectivity index (χ2v) is 4.77. The third-order valence-electron chi connectivity index (χ3n) is 2.41. The van der Waals surface area contributed by atoms with Gasteiger partial charge in [-0.15, -0.1) is 0 Å². The van der Waals surface area contributed by atoms with E-state index in [0.29, 0.717) is 4.83 Å². The van der Waals surface area contributed by atoms with E-state index in [1.165, 1.54) is 12.0 Å². The third kappa shape index (κ3) is 1.85. The molecule has 1 aromatic rings. The molecule has 2 rings (SSSR count). The molecule has 0 radical (unpaired) electrons. The van der Waals surface area contributed by atoms with Gasteiger partial charge in [-0.25, -0.2) is 4.98 Å². The molecular weight excluding hydrogens is 228 g/mol. The van der Waals surface area contributed by atoms with Crippen molar-refractivity contribution in [1.29, 1.82) is 0 Å². The first-order chi connectivity index (χ1) is 6.27. The third-order valence-corrected chi connectivity index (χ3v) is 3.16. The quantitative estimate of drug-likeness (QED) is 0.701. The zero-order chi connectivity index (χ0) is 9.26. The summed E-state index contributed by atoms with van der Waals surface area (Å²) in [5.41, 5.74) is 1.27. The van der Waals surface area contributed by atoms with Gasteiger partial charge in [-0.2, -0.15) is 0 Å². The number of pyridine rings is 1. The van der Waals surface area contributed by atoms with Gasteiger partial charge >= 0.3 is 0 Å². The summed E-state index contributed by atoms with van der Waals surface area (Å²) in [5.74, 6) is 1.14. The SMILES string of the molecule is Cc1cccnc1N1CCC(Br)C1. The molecule has 13 heavy (non-hydrogen) atoms. The molecule has 0 spiro atoms. The van der Waals surface area contributed by atoms with Gasteiger partial charge in [0, 0.05) is 24.1 Å². The topological polar surface area (TPSA) is 16.1 Å². The minimum Gasteiger partial charge on any atom is -0.355 e. The summed E-state index contributed by atoms with van der Waals surface area (Å²) in [6.45, 7) is 4.31. The molecule has 0 N–H and O–H groups in total. The van der Waals surface area contributed by atoms with Crippen molar-refractivity contribution in [1.82, 2.24) is 4.98 Å². The van der Waals surface area contributed by atoms with Gasteiger partial charge in [0.1, 0.15) is 5.82 Å². The lowest BCUT2D eigenvalue weighted by molar-refractivity contribution is 0.929. The van der Waals surface area contributed by atoms with Crippen LogP contribution in [-0.4, -0.2) is 22.9 Å². The average Bonchev–Trinajstić information content (AvgIpc) is 2.53. The standard InChI is InChI=1S/C10H13BrN2/c1-8-3-2-5-12-10(8)13-6-4-9(11)7-13/h2-3,5,9H,4,6-7H2,1H3. The van der Waals surface area contributed by atoms with Gasteiger partial charge in [0.15, 0.2) is 0 Å². The van der Waals surface area contributed by atoms with Crippen molar-refractivity contribution >= 4 is 21.7 Å². The van der Waals surface area contributed by atoms with Crippen LogP contribution in [0.2, 0.25) is 0 Å². The zero-order valence-electron chi connectivity index (χ0n) is 7.70. The fraction of sp³-hybridized carbons (Fsp3) is 0.500. The van der Waals surface area contributed by atoms with Crippen LogP contribution in [0.3, 0.4) is 0 Å². The van der Waals surface area contributed by atoms with Gasteiger partial charge in [-0.05, 0) is 25.0 Å². The minimum absolute atomic E-state index is 0.633. The van der Waals surface area contributed by atoms with Gasteiger partial charge in [0.2, 0.25) is 0 Å². The Morgan fingerprint density at radius 1 is 1.62 bits per heavy atom. The molecular formula is C10H13BrN2. The summed E-state index contributed by atoms with van der Waals surface area (Å²) in [5, 5.41) is 0. The highest BCUT2D eigenvalue weighted by Crippen LogP contribution is 2.24. The second kappa shape index (κ2) is 3.66. The number of anilines is 1. The van der Waals surface area contributed by atoms with E-state index < -0.39 is 0 Å². The Balaban J connectivity index is 2.21. The fourth-order valence-electron chi connectivity index (χ4n) is 1.72. The summed E-state index contributed by atoms with van der Waals surface area (Å²) in [6.07, 6.45) is 3.08. The smallest absolute Gasteiger partial charge is 0.131 e. The Labute approximate surface area is 87.1 Å². The molecule has 0 bridgehead atoms. The molecule has 0 saturated carbocycles. The van der Waals surface area contributed by atoms with E-state index in [9.17, 15) is 0 Å². The number of rotatable bonds is 1. The highest BCUT2D eigenvalue weighted by Gasteiger charge is 2.21. The Hall–Kier alpha value is -0.570. The highest BCUT2D eigenvalue weighted by molar-refractivity contribution is 9.09. The van der Waals surface area contributed by atoms with E-state index >= 15 is 0 Å². The van der Waals surface area contributed by atoms with Crippen LogP contribution < -0.4 is 4.90 Å². The van der Waals surface area contributed by atoms with E-state index in [2.05, 4.69) is 38.8 Å². The number of hydrogen-bond acceptors (Lipinski definition) is 2. The molecule has 0 aliphatic carbocycles. The Kier molecular flexibility index (Phi) is 2.54. The fourth-order valence-corrected chi connectivity index (χ4v) is 2.27. The predicted molar refractivity (Wildman–Crippen MR) is 58.5 cm³/mol.